The molecule has 2 aromatic carbocycles. The summed E-state index contributed by atoms with van der Waals surface area (Å²) in [5.41, 5.74) is 7.48. The largest absolute Gasteiger partial charge is 0.465 e. The molecule has 0 radical (unpaired) electrons. The summed E-state index contributed by atoms with van der Waals surface area (Å²) in [6.07, 6.45) is 0. The van der Waals surface area contributed by atoms with E-state index in [9.17, 15) is 0 Å². The fraction of sp³-hybridized carbons (Fsp3) is 0.143. The van der Waals surface area contributed by atoms with Crippen molar-refractivity contribution in [3.8, 4) is 5.75 Å². The minimum absolute atomic E-state index is 0.198. The van der Waals surface area contributed by atoms with Crippen LogP contribution in [0.4, 0.5) is 5.69 Å². The Kier molecular flexibility index (Phi) is 4.00. The van der Waals surface area contributed by atoms with Gasteiger partial charge in [0, 0.05) is 0 Å². The van der Waals surface area contributed by atoms with E-state index in [1.807, 2.05) is 48.5 Å². The molecule has 0 heterocycles. The molecule has 17 heavy (non-hydrogen) atoms. The highest BCUT2D eigenvalue weighted by molar-refractivity contribution is 5.51. The van der Waals surface area contributed by atoms with Gasteiger partial charge in [-0.05, 0) is 17.7 Å². The lowest BCUT2D eigenvalue weighted by Gasteiger charge is -2.09. The zero-order valence-corrected chi connectivity index (χ0v) is 9.50. The SMILES string of the molecule is Nc1ccccc1OCOCc1ccccc1. The van der Waals surface area contributed by atoms with Crippen molar-refractivity contribution < 1.29 is 9.47 Å². The fourth-order valence-corrected chi connectivity index (χ4v) is 1.45. The minimum atomic E-state index is 0.198. The molecule has 0 aromatic heterocycles. The molecule has 0 aliphatic carbocycles. The smallest absolute Gasteiger partial charge is 0.189 e. The van der Waals surface area contributed by atoms with E-state index >= 15 is 0 Å². The quantitative estimate of drug-likeness (QED) is 0.487. The van der Waals surface area contributed by atoms with Gasteiger partial charge in [-0.15, -0.1) is 0 Å². The van der Waals surface area contributed by atoms with Crippen LogP contribution in [0.2, 0.25) is 0 Å². The third-order valence-corrected chi connectivity index (χ3v) is 2.33. The number of hydrogen-bond donors (Lipinski definition) is 1. The maximum atomic E-state index is 5.73. The van der Waals surface area contributed by atoms with Crippen LogP contribution in [0.5, 0.6) is 5.75 Å². The van der Waals surface area contributed by atoms with Gasteiger partial charge in [-0.3, -0.25) is 0 Å². The second kappa shape index (κ2) is 5.92. The maximum absolute atomic E-state index is 5.73. The lowest BCUT2D eigenvalue weighted by atomic mass is 10.2. The Morgan fingerprint density at radius 3 is 2.35 bits per heavy atom. The first-order valence-corrected chi connectivity index (χ1v) is 5.45. The molecule has 0 atom stereocenters. The molecule has 0 unspecified atom stereocenters. The molecular weight excluding hydrogens is 214 g/mol. The Morgan fingerprint density at radius 2 is 1.59 bits per heavy atom. The molecule has 3 nitrogen and oxygen atoms in total. The summed E-state index contributed by atoms with van der Waals surface area (Å²) in [6, 6.07) is 17.3. The number of para-hydroxylation sites is 2. The van der Waals surface area contributed by atoms with Gasteiger partial charge in [0.25, 0.3) is 0 Å². The summed E-state index contributed by atoms with van der Waals surface area (Å²) < 4.78 is 10.8. The molecule has 2 rings (SSSR count). The first-order chi connectivity index (χ1) is 8.36. The first-order valence-electron chi connectivity index (χ1n) is 5.45. The second-order valence-electron chi connectivity index (χ2n) is 3.63. The van der Waals surface area contributed by atoms with Crippen molar-refractivity contribution in [2.75, 3.05) is 12.5 Å². The molecule has 0 aliphatic rings. The van der Waals surface area contributed by atoms with Crippen molar-refractivity contribution in [1.29, 1.82) is 0 Å². The molecule has 2 aromatic rings. The lowest BCUT2D eigenvalue weighted by molar-refractivity contribution is 0.00546. The van der Waals surface area contributed by atoms with Gasteiger partial charge in [0.05, 0.1) is 12.3 Å². The van der Waals surface area contributed by atoms with Gasteiger partial charge < -0.3 is 15.2 Å². The third-order valence-electron chi connectivity index (χ3n) is 2.33. The zero-order valence-electron chi connectivity index (χ0n) is 9.50. The Labute approximate surface area is 101 Å². The molecule has 2 N–H and O–H groups in total. The molecular formula is C14H15NO2. The van der Waals surface area contributed by atoms with Crippen molar-refractivity contribution in [1.82, 2.24) is 0 Å². The monoisotopic (exact) mass is 229 g/mol. The van der Waals surface area contributed by atoms with Crippen LogP contribution in [0.3, 0.4) is 0 Å². The molecule has 3 heteroatoms. The molecule has 0 fully saturated rings. The normalized spacial score (nSPS) is 10.1. The van der Waals surface area contributed by atoms with Crippen LogP contribution in [0.25, 0.3) is 0 Å². The van der Waals surface area contributed by atoms with Crippen LogP contribution in [-0.2, 0) is 11.3 Å². The number of rotatable bonds is 5. The van der Waals surface area contributed by atoms with E-state index < -0.39 is 0 Å². The van der Waals surface area contributed by atoms with Crippen molar-refractivity contribution in [2.45, 2.75) is 6.61 Å². The number of ether oxygens (including phenoxy) is 2. The molecule has 0 bridgehead atoms. The zero-order chi connectivity index (χ0) is 11.9. The number of benzene rings is 2. The van der Waals surface area contributed by atoms with Gasteiger partial charge in [0.2, 0.25) is 0 Å². The minimum Gasteiger partial charge on any atom is -0.465 e. The summed E-state index contributed by atoms with van der Waals surface area (Å²) in [7, 11) is 0. The van der Waals surface area contributed by atoms with Crippen LogP contribution in [0, 0.1) is 0 Å². The topological polar surface area (TPSA) is 44.5 Å². The third kappa shape index (κ3) is 3.50. The average Bonchev–Trinajstić information content (AvgIpc) is 2.38. The first kappa shape index (κ1) is 11.5. The Hall–Kier alpha value is -2.00. The molecule has 0 saturated heterocycles. The number of hydrogen-bond acceptors (Lipinski definition) is 3. The van der Waals surface area contributed by atoms with Crippen LogP contribution >= 0.6 is 0 Å². The predicted octanol–water partition coefficient (Wildman–Crippen LogP) is 2.82. The standard InChI is InChI=1S/C14H15NO2/c15-13-8-4-5-9-14(13)17-11-16-10-12-6-2-1-3-7-12/h1-9H,10-11,15H2. The number of nitrogen functional groups attached to an aromatic ring is 1. The summed E-state index contributed by atoms with van der Waals surface area (Å²) in [6.45, 7) is 0.733. The van der Waals surface area contributed by atoms with Gasteiger partial charge in [-0.25, -0.2) is 0 Å². The van der Waals surface area contributed by atoms with Gasteiger partial charge in [-0.2, -0.15) is 0 Å². The van der Waals surface area contributed by atoms with E-state index in [-0.39, 0.29) is 6.79 Å². The summed E-state index contributed by atoms with van der Waals surface area (Å²) in [4.78, 5) is 0. The molecule has 88 valence electrons. The van der Waals surface area contributed by atoms with Crippen LogP contribution in [0.1, 0.15) is 5.56 Å². The van der Waals surface area contributed by atoms with Gasteiger partial charge in [0.1, 0.15) is 5.75 Å². The van der Waals surface area contributed by atoms with Crippen LogP contribution in [-0.4, -0.2) is 6.79 Å². The average molecular weight is 229 g/mol. The molecule has 0 aliphatic heterocycles. The maximum Gasteiger partial charge on any atom is 0.189 e. The van der Waals surface area contributed by atoms with E-state index in [1.165, 1.54) is 0 Å². The Morgan fingerprint density at radius 1 is 0.882 bits per heavy atom. The molecule has 0 spiro atoms. The van der Waals surface area contributed by atoms with Crippen molar-refractivity contribution in [3.63, 3.8) is 0 Å². The van der Waals surface area contributed by atoms with Crippen molar-refractivity contribution in [3.05, 3.63) is 60.2 Å². The van der Waals surface area contributed by atoms with E-state index in [2.05, 4.69) is 0 Å². The highest BCUT2D eigenvalue weighted by atomic mass is 16.7. The number of anilines is 1. The number of nitrogens with two attached hydrogens (primary N) is 1. The van der Waals surface area contributed by atoms with Gasteiger partial charge >= 0.3 is 0 Å². The van der Waals surface area contributed by atoms with Gasteiger partial charge in [-0.1, -0.05) is 42.5 Å². The highest BCUT2D eigenvalue weighted by Crippen LogP contribution is 2.19. The van der Waals surface area contributed by atoms with Crippen molar-refractivity contribution >= 4 is 5.69 Å². The van der Waals surface area contributed by atoms with E-state index in [0.717, 1.165) is 5.56 Å². The summed E-state index contributed by atoms with van der Waals surface area (Å²) in [5.74, 6) is 0.653. The second-order valence-corrected chi connectivity index (χ2v) is 3.63. The van der Waals surface area contributed by atoms with Crippen LogP contribution in [0.15, 0.2) is 54.6 Å². The fourth-order valence-electron chi connectivity index (χ4n) is 1.45. The van der Waals surface area contributed by atoms with Crippen LogP contribution < -0.4 is 10.5 Å². The van der Waals surface area contributed by atoms with E-state index in [4.69, 9.17) is 15.2 Å². The van der Waals surface area contributed by atoms with E-state index in [0.29, 0.717) is 18.0 Å². The molecule has 0 amide bonds. The Balaban J connectivity index is 1.76. The summed E-state index contributed by atoms with van der Waals surface area (Å²) >= 11 is 0. The Bertz CT molecular complexity index is 457. The van der Waals surface area contributed by atoms with Crippen molar-refractivity contribution in [2.24, 2.45) is 0 Å². The molecule has 0 saturated carbocycles. The van der Waals surface area contributed by atoms with Gasteiger partial charge in [0.15, 0.2) is 6.79 Å². The van der Waals surface area contributed by atoms with E-state index in [1.54, 1.807) is 6.07 Å². The predicted molar refractivity (Wildman–Crippen MR) is 67.6 cm³/mol. The lowest BCUT2D eigenvalue weighted by Crippen LogP contribution is -2.04. The highest BCUT2D eigenvalue weighted by Gasteiger charge is 1.98. The summed E-state index contributed by atoms with van der Waals surface area (Å²) in [5, 5.41) is 0.